The Hall–Kier alpha value is -3.74. The molecule has 1 aliphatic rings. The van der Waals surface area contributed by atoms with E-state index in [0.29, 0.717) is 49.8 Å². The maximum Gasteiger partial charge on any atom is 0.258 e. The minimum atomic E-state index is -0.368. The number of anilines is 1. The van der Waals surface area contributed by atoms with E-state index in [1.807, 2.05) is 0 Å². The van der Waals surface area contributed by atoms with Crippen molar-refractivity contribution in [1.29, 1.82) is 0 Å². The number of allylic oxidation sites excluding steroid dienone is 1. The molecule has 0 atom stereocenters. The van der Waals surface area contributed by atoms with Crippen molar-refractivity contribution in [1.82, 2.24) is 15.2 Å². The van der Waals surface area contributed by atoms with Crippen LogP contribution in [0.4, 0.5) is 5.13 Å². The minimum absolute atomic E-state index is 0.261. The van der Waals surface area contributed by atoms with Gasteiger partial charge in [-0.15, -0.1) is 10.2 Å². The highest BCUT2D eigenvalue weighted by Gasteiger charge is 2.20. The molecule has 2 aromatic heterocycles. The molecule has 4 rings (SSSR count). The molecule has 3 aromatic rings. The molecule has 0 saturated heterocycles. The average Bonchev–Trinajstić information content (AvgIpc) is 3.58. The van der Waals surface area contributed by atoms with Gasteiger partial charge in [-0.1, -0.05) is 34.9 Å². The monoisotopic (exact) mass is 492 g/mol. The molecule has 1 aliphatic carbocycles. The molecule has 1 saturated carbocycles. The lowest BCUT2D eigenvalue weighted by Crippen LogP contribution is -2.14. The zero-order chi connectivity index (χ0) is 24.1. The van der Waals surface area contributed by atoms with E-state index in [4.69, 9.17) is 22.1 Å². The summed E-state index contributed by atoms with van der Waals surface area (Å²) in [5.41, 5.74) is 8.94. The summed E-state index contributed by atoms with van der Waals surface area (Å²) in [5.74, 6) is 6.69. The highest BCUT2D eigenvalue weighted by atomic mass is 35.5. The molecule has 1 aromatic carbocycles. The lowest BCUT2D eigenvalue weighted by atomic mass is 9.95. The van der Waals surface area contributed by atoms with Crippen molar-refractivity contribution in [3.05, 3.63) is 57.8 Å². The molecule has 0 radical (unpaired) electrons. The first-order chi connectivity index (χ1) is 16.5. The predicted octanol–water partition coefficient (Wildman–Crippen LogP) is 4.28. The van der Waals surface area contributed by atoms with Crippen LogP contribution in [0.25, 0.3) is 16.8 Å². The number of amides is 1. The number of nitrogens with zero attached hydrogens (tertiary/aromatic N) is 4. The van der Waals surface area contributed by atoms with Crippen LogP contribution in [0.1, 0.15) is 33.8 Å². The van der Waals surface area contributed by atoms with Gasteiger partial charge in [0.15, 0.2) is 5.01 Å². The van der Waals surface area contributed by atoms with E-state index in [0.717, 1.165) is 12.8 Å². The van der Waals surface area contributed by atoms with E-state index in [9.17, 15) is 4.79 Å². The standard InChI is InChI=1S/C24H21ClN6O2S/c1-27-10-9-19(26)15-6-7-16(17(11-15)18-12-21(25)28-13-20(18)33-2)23(32)29-24-31-30-22(34-24)8-5-14-3-4-14/h6-7,9-14H,3-4,26H2,1-2H3,(H,29,31,32)/b19-9-,27-10?. The lowest BCUT2D eigenvalue weighted by molar-refractivity contribution is 0.102. The Morgan fingerprint density at radius 1 is 1.32 bits per heavy atom. The van der Waals surface area contributed by atoms with Gasteiger partial charge in [0.25, 0.3) is 5.91 Å². The molecule has 0 unspecified atom stereocenters. The first kappa shape index (κ1) is 23.4. The second-order valence-corrected chi connectivity index (χ2v) is 8.77. The fraction of sp³-hybridized carbons (Fsp3) is 0.208. The van der Waals surface area contributed by atoms with Crippen LogP contribution in [-0.2, 0) is 0 Å². The van der Waals surface area contributed by atoms with Crippen molar-refractivity contribution in [2.75, 3.05) is 19.5 Å². The van der Waals surface area contributed by atoms with Gasteiger partial charge in [0.2, 0.25) is 5.13 Å². The van der Waals surface area contributed by atoms with Crippen molar-refractivity contribution in [2.24, 2.45) is 16.6 Å². The maximum atomic E-state index is 13.3. The summed E-state index contributed by atoms with van der Waals surface area (Å²) in [7, 11) is 3.18. The number of ether oxygens (including phenoxy) is 1. The third-order valence-corrected chi connectivity index (χ3v) is 5.91. The van der Waals surface area contributed by atoms with Crippen LogP contribution in [0.15, 0.2) is 41.5 Å². The molecule has 34 heavy (non-hydrogen) atoms. The Bertz CT molecular complexity index is 1350. The van der Waals surface area contributed by atoms with E-state index >= 15 is 0 Å². The van der Waals surface area contributed by atoms with Gasteiger partial charge < -0.3 is 10.5 Å². The number of benzene rings is 1. The van der Waals surface area contributed by atoms with Crippen LogP contribution < -0.4 is 15.8 Å². The number of carbonyl (C=O) groups is 1. The largest absolute Gasteiger partial charge is 0.494 e. The number of halogens is 1. The number of pyridine rings is 1. The quantitative estimate of drug-likeness (QED) is 0.301. The Labute approximate surface area is 205 Å². The zero-order valence-corrected chi connectivity index (χ0v) is 20.1. The maximum absolute atomic E-state index is 13.3. The van der Waals surface area contributed by atoms with Gasteiger partial charge in [-0.3, -0.25) is 15.1 Å². The summed E-state index contributed by atoms with van der Waals surface area (Å²) in [4.78, 5) is 21.3. The third kappa shape index (κ3) is 5.60. The summed E-state index contributed by atoms with van der Waals surface area (Å²) < 4.78 is 5.47. The van der Waals surface area contributed by atoms with Crippen LogP contribution >= 0.6 is 22.9 Å². The SMILES string of the molecule is CN=C/C=C(\N)c1ccc(C(=O)Nc2nnc(C#CC3CC3)s2)c(-c2cc(Cl)ncc2OC)c1. The number of carbonyl (C=O) groups excluding carboxylic acids is 1. The molecule has 2 heterocycles. The number of hydrogen-bond donors (Lipinski definition) is 2. The van der Waals surface area contributed by atoms with E-state index in [-0.39, 0.29) is 11.1 Å². The van der Waals surface area contributed by atoms with E-state index in [1.165, 1.54) is 24.6 Å². The molecule has 0 bridgehead atoms. The molecule has 0 spiro atoms. The van der Waals surface area contributed by atoms with Crippen LogP contribution in [0.3, 0.4) is 0 Å². The Kier molecular flexibility index (Phi) is 7.21. The molecule has 172 valence electrons. The lowest BCUT2D eigenvalue weighted by Gasteiger charge is -2.14. The van der Waals surface area contributed by atoms with Crippen molar-refractivity contribution in [3.8, 4) is 28.7 Å². The van der Waals surface area contributed by atoms with Crippen molar-refractivity contribution in [2.45, 2.75) is 12.8 Å². The second-order valence-electron chi connectivity index (χ2n) is 7.41. The average molecular weight is 493 g/mol. The summed E-state index contributed by atoms with van der Waals surface area (Å²) in [6, 6.07) is 6.88. The fourth-order valence-electron chi connectivity index (χ4n) is 3.07. The van der Waals surface area contributed by atoms with Crippen LogP contribution in [0.2, 0.25) is 5.15 Å². The van der Waals surface area contributed by atoms with Crippen LogP contribution in [0, 0.1) is 17.8 Å². The second kappa shape index (κ2) is 10.5. The molecule has 8 nitrogen and oxygen atoms in total. The number of aromatic nitrogens is 3. The van der Waals surface area contributed by atoms with Crippen molar-refractivity contribution < 1.29 is 9.53 Å². The third-order valence-electron chi connectivity index (χ3n) is 4.95. The van der Waals surface area contributed by atoms with Crippen LogP contribution in [-0.4, -0.2) is 41.5 Å². The van der Waals surface area contributed by atoms with Gasteiger partial charge in [0, 0.05) is 36.0 Å². The predicted molar refractivity (Wildman–Crippen MR) is 135 cm³/mol. The summed E-state index contributed by atoms with van der Waals surface area (Å²) in [6.45, 7) is 0. The normalized spacial score (nSPS) is 13.4. The summed E-state index contributed by atoms with van der Waals surface area (Å²) in [5, 5.41) is 12.1. The number of methoxy groups -OCH3 is 1. The number of hydrogen-bond acceptors (Lipinski definition) is 8. The number of nitrogens with two attached hydrogens (primary N) is 1. The molecule has 1 fully saturated rings. The highest BCUT2D eigenvalue weighted by molar-refractivity contribution is 7.15. The van der Waals surface area contributed by atoms with Gasteiger partial charge in [-0.05, 0) is 54.2 Å². The smallest absolute Gasteiger partial charge is 0.258 e. The Balaban J connectivity index is 1.72. The first-order valence-electron chi connectivity index (χ1n) is 10.4. The molecule has 0 aliphatic heterocycles. The Morgan fingerprint density at radius 3 is 2.88 bits per heavy atom. The summed E-state index contributed by atoms with van der Waals surface area (Å²) in [6.07, 6.45) is 7.04. The molecule has 1 amide bonds. The first-order valence-corrected chi connectivity index (χ1v) is 11.6. The molecule has 10 heteroatoms. The molecular formula is C24H21ClN6O2S. The van der Waals surface area contributed by atoms with E-state index < -0.39 is 0 Å². The minimum Gasteiger partial charge on any atom is -0.494 e. The zero-order valence-electron chi connectivity index (χ0n) is 18.5. The number of nitrogens with one attached hydrogen (secondary N) is 1. The van der Waals surface area contributed by atoms with Crippen molar-refractivity contribution >= 4 is 45.9 Å². The van der Waals surface area contributed by atoms with Gasteiger partial charge in [-0.2, -0.15) is 0 Å². The van der Waals surface area contributed by atoms with Gasteiger partial charge in [-0.25, -0.2) is 4.98 Å². The van der Waals surface area contributed by atoms with Gasteiger partial charge >= 0.3 is 0 Å². The topological polar surface area (TPSA) is 115 Å². The molecule has 3 N–H and O–H groups in total. The van der Waals surface area contributed by atoms with E-state index in [1.54, 1.807) is 43.6 Å². The summed E-state index contributed by atoms with van der Waals surface area (Å²) >= 11 is 7.39. The van der Waals surface area contributed by atoms with Crippen LogP contribution in [0.5, 0.6) is 5.75 Å². The molecular weight excluding hydrogens is 472 g/mol. The fourth-order valence-corrected chi connectivity index (χ4v) is 3.82. The van der Waals surface area contributed by atoms with E-state index in [2.05, 4.69) is 37.3 Å². The highest BCUT2D eigenvalue weighted by Crippen LogP contribution is 2.35. The van der Waals surface area contributed by atoms with Gasteiger partial charge in [0.1, 0.15) is 10.9 Å². The number of rotatable bonds is 6. The van der Waals surface area contributed by atoms with Gasteiger partial charge in [0.05, 0.1) is 13.3 Å². The Morgan fingerprint density at radius 2 is 2.15 bits per heavy atom. The number of aliphatic imine (C=N–C) groups is 1. The van der Waals surface area contributed by atoms with Crippen molar-refractivity contribution in [3.63, 3.8) is 0 Å².